The number of nitrogens with one attached hydrogen (secondary N) is 2. The van der Waals surface area contributed by atoms with E-state index in [1.165, 1.54) is 4.90 Å². The van der Waals surface area contributed by atoms with Crippen LogP contribution in [0.3, 0.4) is 0 Å². The number of nitrogens with zero attached hydrogens (tertiary/aromatic N) is 2. The van der Waals surface area contributed by atoms with Crippen LogP contribution >= 0.6 is 11.6 Å². The molecule has 0 aromatic heterocycles. The third-order valence-electron chi connectivity index (χ3n) is 3.83. The highest BCUT2D eigenvalue weighted by atomic mass is 35.5. The van der Waals surface area contributed by atoms with E-state index in [1.807, 2.05) is 24.3 Å². The van der Waals surface area contributed by atoms with Gasteiger partial charge in [0.05, 0.1) is 0 Å². The van der Waals surface area contributed by atoms with Crippen LogP contribution in [0.4, 0.5) is 0 Å². The zero-order valence-electron chi connectivity index (χ0n) is 13.8. The van der Waals surface area contributed by atoms with Gasteiger partial charge in [0.1, 0.15) is 0 Å². The van der Waals surface area contributed by atoms with Crippen LogP contribution in [0.15, 0.2) is 29.3 Å². The van der Waals surface area contributed by atoms with E-state index in [9.17, 15) is 9.59 Å². The summed E-state index contributed by atoms with van der Waals surface area (Å²) < 4.78 is 0. The molecule has 0 atom stereocenters. The van der Waals surface area contributed by atoms with Gasteiger partial charge in [0.25, 0.3) is 0 Å². The molecular formula is C17H23ClN4O2. The number of benzene rings is 1. The van der Waals surface area contributed by atoms with Crippen molar-refractivity contribution in [2.45, 2.75) is 25.7 Å². The first-order valence-electron chi connectivity index (χ1n) is 8.12. The third kappa shape index (κ3) is 5.53. The minimum absolute atomic E-state index is 0.0862. The molecule has 0 aliphatic carbocycles. The molecule has 1 fully saturated rings. The minimum Gasteiger partial charge on any atom is -0.356 e. The van der Waals surface area contributed by atoms with Gasteiger partial charge in [0.15, 0.2) is 5.96 Å². The zero-order valence-corrected chi connectivity index (χ0v) is 14.6. The standard InChI is InChI=1S/C17H23ClN4O2/c1-19-17(20-9-8-13-4-2-5-14(18)12-13)21-10-11-22-15(23)6-3-7-16(22)24/h2,4-5,12H,3,6-11H2,1H3,(H2,19,20,21). The normalized spacial score (nSPS) is 15.6. The van der Waals surface area contributed by atoms with E-state index < -0.39 is 0 Å². The van der Waals surface area contributed by atoms with Crippen molar-refractivity contribution >= 4 is 29.4 Å². The van der Waals surface area contributed by atoms with Crippen molar-refractivity contribution < 1.29 is 9.59 Å². The molecule has 0 radical (unpaired) electrons. The SMILES string of the molecule is CN=C(NCCc1cccc(Cl)c1)NCCN1C(=O)CCCC1=O. The molecule has 1 heterocycles. The Kier molecular flexibility index (Phi) is 7.06. The lowest BCUT2D eigenvalue weighted by Crippen LogP contribution is -2.46. The number of halogens is 1. The van der Waals surface area contributed by atoms with Gasteiger partial charge in [-0.05, 0) is 30.5 Å². The number of carbonyl (C=O) groups is 2. The number of hydrogen-bond donors (Lipinski definition) is 2. The summed E-state index contributed by atoms with van der Waals surface area (Å²) in [6, 6.07) is 7.74. The highest BCUT2D eigenvalue weighted by Gasteiger charge is 2.25. The number of amides is 2. The smallest absolute Gasteiger partial charge is 0.229 e. The van der Waals surface area contributed by atoms with Crippen molar-refractivity contribution in [1.82, 2.24) is 15.5 Å². The number of rotatable bonds is 6. The fourth-order valence-electron chi connectivity index (χ4n) is 2.57. The van der Waals surface area contributed by atoms with Crippen LogP contribution in [0.5, 0.6) is 0 Å². The van der Waals surface area contributed by atoms with Gasteiger partial charge in [0.2, 0.25) is 11.8 Å². The molecule has 7 heteroatoms. The molecule has 2 N–H and O–H groups in total. The van der Waals surface area contributed by atoms with Crippen molar-refractivity contribution in [2.75, 3.05) is 26.7 Å². The van der Waals surface area contributed by atoms with Gasteiger partial charge < -0.3 is 10.6 Å². The van der Waals surface area contributed by atoms with Crippen molar-refractivity contribution in [3.8, 4) is 0 Å². The topological polar surface area (TPSA) is 73.8 Å². The lowest BCUT2D eigenvalue weighted by molar-refractivity contribution is -0.147. The summed E-state index contributed by atoms with van der Waals surface area (Å²) in [7, 11) is 1.69. The molecule has 6 nitrogen and oxygen atoms in total. The fraction of sp³-hybridized carbons (Fsp3) is 0.471. The van der Waals surface area contributed by atoms with Gasteiger partial charge in [-0.3, -0.25) is 19.5 Å². The van der Waals surface area contributed by atoms with Gasteiger partial charge in [-0.15, -0.1) is 0 Å². The Bertz CT molecular complexity index is 602. The van der Waals surface area contributed by atoms with Crippen LogP contribution in [0, 0.1) is 0 Å². The summed E-state index contributed by atoms with van der Waals surface area (Å²) in [5, 5.41) is 7.05. The van der Waals surface area contributed by atoms with Gasteiger partial charge in [-0.2, -0.15) is 0 Å². The number of carbonyl (C=O) groups excluding carboxylic acids is 2. The van der Waals surface area contributed by atoms with E-state index in [0.29, 0.717) is 44.9 Å². The minimum atomic E-state index is -0.0862. The Morgan fingerprint density at radius 2 is 1.92 bits per heavy atom. The van der Waals surface area contributed by atoms with Crippen molar-refractivity contribution in [2.24, 2.45) is 4.99 Å². The van der Waals surface area contributed by atoms with E-state index >= 15 is 0 Å². The average Bonchev–Trinajstić information content (AvgIpc) is 2.56. The maximum atomic E-state index is 11.7. The Hall–Kier alpha value is -2.08. The quantitative estimate of drug-likeness (QED) is 0.464. The monoisotopic (exact) mass is 350 g/mol. The van der Waals surface area contributed by atoms with Crippen LogP contribution in [-0.2, 0) is 16.0 Å². The Morgan fingerprint density at radius 1 is 1.21 bits per heavy atom. The summed E-state index contributed by atoms with van der Waals surface area (Å²) in [5.74, 6) is 0.475. The second-order valence-electron chi connectivity index (χ2n) is 5.60. The number of aliphatic imine (C=N–C) groups is 1. The second-order valence-corrected chi connectivity index (χ2v) is 6.03. The van der Waals surface area contributed by atoms with Gasteiger partial charge in [-0.25, -0.2) is 0 Å². The van der Waals surface area contributed by atoms with Crippen LogP contribution < -0.4 is 10.6 Å². The molecule has 0 spiro atoms. The van der Waals surface area contributed by atoms with E-state index in [4.69, 9.17) is 11.6 Å². The summed E-state index contributed by atoms with van der Waals surface area (Å²) >= 11 is 5.96. The highest BCUT2D eigenvalue weighted by molar-refractivity contribution is 6.30. The van der Waals surface area contributed by atoms with E-state index in [2.05, 4.69) is 15.6 Å². The molecule has 0 bridgehead atoms. The van der Waals surface area contributed by atoms with Crippen molar-refractivity contribution in [1.29, 1.82) is 0 Å². The lowest BCUT2D eigenvalue weighted by atomic mass is 10.1. The summed E-state index contributed by atoms with van der Waals surface area (Å²) in [6.45, 7) is 1.56. The Labute approximate surface area is 147 Å². The number of imide groups is 1. The molecule has 1 aromatic rings. The molecule has 2 amide bonds. The Morgan fingerprint density at radius 3 is 2.58 bits per heavy atom. The van der Waals surface area contributed by atoms with Gasteiger partial charge in [0, 0.05) is 44.5 Å². The maximum Gasteiger partial charge on any atom is 0.229 e. The first kappa shape index (κ1) is 18.3. The van der Waals surface area contributed by atoms with E-state index in [-0.39, 0.29) is 11.8 Å². The summed E-state index contributed by atoms with van der Waals surface area (Å²) in [6.07, 6.45) is 2.40. The van der Waals surface area contributed by atoms with Gasteiger partial charge in [-0.1, -0.05) is 23.7 Å². The molecule has 1 saturated heterocycles. The molecule has 1 aliphatic rings. The van der Waals surface area contributed by atoms with Crippen molar-refractivity contribution in [3.63, 3.8) is 0 Å². The number of guanidine groups is 1. The predicted octanol–water partition coefficient (Wildman–Crippen LogP) is 1.59. The molecule has 0 unspecified atom stereocenters. The molecule has 24 heavy (non-hydrogen) atoms. The average molecular weight is 351 g/mol. The first-order valence-corrected chi connectivity index (χ1v) is 8.50. The molecular weight excluding hydrogens is 328 g/mol. The van der Waals surface area contributed by atoms with E-state index in [1.54, 1.807) is 7.05 Å². The number of likely N-dealkylation sites (tertiary alicyclic amines) is 1. The Balaban J connectivity index is 1.70. The summed E-state index contributed by atoms with van der Waals surface area (Å²) in [4.78, 5) is 28.9. The van der Waals surface area contributed by atoms with Crippen LogP contribution in [-0.4, -0.2) is 49.4 Å². The summed E-state index contributed by atoms with van der Waals surface area (Å²) in [5.41, 5.74) is 1.15. The third-order valence-corrected chi connectivity index (χ3v) is 4.07. The van der Waals surface area contributed by atoms with E-state index in [0.717, 1.165) is 17.0 Å². The zero-order chi connectivity index (χ0) is 17.4. The second kappa shape index (κ2) is 9.27. The fourth-order valence-corrected chi connectivity index (χ4v) is 2.79. The largest absolute Gasteiger partial charge is 0.356 e. The highest BCUT2D eigenvalue weighted by Crippen LogP contribution is 2.11. The van der Waals surface area contributed by atoms with Crippen LogP contribution in [0.2, 0.25) is 5.02 Å². The first-order chi connectivity index (χ1) is 11.6. The molecule has 130 valence electrons. The molecule has 2 rings (SSSR count). The number of hydrogen-bond acceptors (Lipinski definition) is 3. The van der Waals surface area contributed by atoms with Crippen LogP contribution in [0.1, 0.15) is 24.8 Å². The van der Waals surface area contributed by atoms with Crippen LogP contribution in [0.25, 0.3) is 0 Å². The molecule has 1 aromatic carbocycles. The van der Waals surface area contributed by atoms with Crippen molar-refractivity contribution in [3.05, 3.63) is 34.9 Å². The number of piperidine rings is 1. The maximum absolute atomic E-state index is 11.7. The lowest BCUT2D eigenvalue weighted by Gasteiger charge is -2.25. The molecule has 0 saturated carbocycles. The van der Waals surface area contributed by atoms with Gasteiger partial charge >= 0.3 is 0 Å². The molecule has 1 aliphatic heterocycles. The predicted molar refractivity (Wildman–Crippen MR) is 95.1 cm³/mol.